The molecule has 6 aliphatic rings. The van der Waals surface area contributed by atoms with E-state index in [-0.39, 0.29) is 65.2 Å². The minimum atomic E-state index is -1.01. The van der Waals surface area contributed by atoms with Crippen LogP contribution in [-0.2, 0) is 33.9 Å². The highest BCUT2D eigenvalue weighted by Crippen LogP contribution is 2.48. The zero-order valence-corrected chi connectivity index (χ0v) is 32.1. The number of imide groups is 2. The average Bonchev–Trinajstić information content (AvgIpc) is 3.71. The third-order valence-corrected chi connectivity index (χ3v) is 13.6. The zero-order valence-electron chi connectivity index (χ0n) is 32.1. The monoisotopic (exact) mass is 781 g/mol. The van der Waals surface area contributed by atoms with Crippen molar-refractivity contribution in [2.45, 2.75) is 69.5 Å². The van der Waals surface area contributed by atoms with Gasteiger partial charge in [0.1, 0.15) is 17.6 Å². The number of phenols is 1. The number of hydrogen-bond donors (Lipinski definition) is 2. The molecule has 3 saturated heterocycles. The lowest BCUT2D eigenvalue weighted by Crippen LogP contribution is -2.63. The van der Waals surface area contributed by atoms with Crippen molar-refractivity contribution in [1.82, 2.24) is 20.0 Å². The Kier molecular flexibility index (Phi) is 8.74. The Hall–Kier alpha value is -5.88. The summed E-state index contributed by atoms with van der Waals surface area (Å²) in [6, 6.07) is 24.1. The number of rotatable bonds is 6. The fourth-order valence-electron chi connectivity index (χ4n) is 10.6. The Morgan fingerprint density at radius 2 is 1.50 bits per heavy atom. The highest BCUT2D eigenvalue weighted by atomic mass is 19.1. The van der Waals surface area contributed by atoms with Crippen LogP contribution >= 0.6 is 0 Å². The molecule has 0 saturated carbocycles. The molecule has 4 aromatic carbocycles. The van der Waals surface area contributed by atoms with Gasteiger partial charge in [0.15, 0.2) is 0 Å². The number of hydrogen-bond acceptors (Lipinski definition) is 8. The molecule has 296 valence electrons. The standard InChI is InChI=1S/C46H44FN5O6/c47-37-21-29(42-33(27-4-2-1-3-5-27)9-6-28-18-32(53)8-10-34(28)42)7-11-38(37)50-16-14-46(15-17-50)25-51(26-46)41(55)24-49-22-30-19-35-36(20-31(30)23-49)45(58)52(44(35)57)39-12-13-40(54)48-43(39)56/h1-5,7-8,10-11,18-21,33,39,42,53H,6,9,12-17,22-26H2,(H,48,54,56)/t33-,39?,42+/m1/s1. The van der Waals surface area contributed by atoms with Gasteiger partial charge in [-0.15, -0.1) is 0 Å². The number of anilines is 1. The Labute approximate surface area is 335 Å². The predicted molar refractivity (Wildman–Crippen MR) is 212 cm³/mol. The van der Waals surface area contributed by atoms with Gasteiger partial charge >= 0.3 is 0 Å². The first-order chi connectivity index (χ1) is 28.0. The summed E-state index contributed by atoms with van der Waals surface area (Å²) in [6.07, 6.45) is 3.67. The predicted octanol–water partition coefficient (Wildman–Crippen LogP) is 5.24. The van der Waals surface area contributed by atoms with E-state index in [9.17, 15) is 29.1 Å². The lowest BCUT2D eigenvalue weighted by atomic mass is 9.69. The van der Waals surface area contributed by atoms with Crippen LogP contribution in [0.3, 0.4) is 0 Å². The summed E-state index contributed by atoms with van der Waals surface area (Å²) in [5.41, 5.74) is 7.31. The number of nitrogens with one attached hydrogen (secondary N) is 1. The van der Waals surface area contributed by atoms with Crippen molar-refractivity contribution in [1.29, 1.82) is 0 Å². The van der Waals surface area contributed by atoms with Crippen molar-refractivity contribution in [2.75, 3.05) is 37.6 Å². The summed E-state index contributed by atoms with van der Waals surface area (Å²) in [5.74, 6) is -1.88. The summed E-state index contributed by atoms with van der Waals surface area (Å²) in [6.45, 7) is 3.93. The third kappa shape index (κ3) is 6.16. The number of carbonyl (C=O) groups excluding carboxylic acids is 5. The SMILES string of the molecule is O=C1CCC(N2C(=O)c3cc4c(cc3C2=O)CN(CC(=O)N2CC3(CCN(c5ccc([C@@H]6c7ccc(O)cc7CC[C@@H]6c6ccccc6)cc5F)CC3)C2)C4)C(=O)N1. The highest BCUT2D eigenvalue weighted by molar-refractivity contribution is 6.23. The number of amides is 5. The normalized spacial score (nSPS) is 23.7. The van der Waals surface area contributed by atoms with Crippen molar-refractivity contribution in [3.05, 3.63) is 129 Å². The van der Waals surface area contributed by atoms with Crippen LogP contribution in [0.25, 0.3) is 0 Å². The maximum Gasteiger partial charge on any atom is 0.262 e. The van der Waals surface area contributed by atoms with Crippen molar-refractivity contribution >= 4 is 35.2 Å². The van der Waals surface area contributed by atoms with Gasteiger partial charge in [0.2, 0.25) is 17.7 Å². The van der Waals surface area contributed by atoms with Crippen molar-refractivity contribution in [3.63, 3.8) is 0 Å². The summed E-state index contributed by atoms with van der Waals surface area (Å²) < 4.78 is 16.1. The van der Waals surface area contributed by atoms with Gasteiger partial charge < -0.3 is 14.9 Å². The first-order valence-electron chi connectivity index (χ1n) is 20.3. The molecule has 58 heavy (non-hydrogen) atoms. The van der Waals surface area contributed by atoms with Gasteiger partial charge in [-0.05, 0) is 108 Å². The second kappa shape index (κ2) is 13.9. The number of aryl methyl sites for hydroxylation is 1. The number of fused-ring (bicyclic) bond motifs is 3. The van der Waals surface area contributed by atoms with Crippen LogP contribution in [0, 0.1) is 11.2 Å². The maximum atomic E-state index is 16.1. The number of carbonyl (C=O) groups is 5. The van der Waals surface area contributed by atoms with Gasteiger partial charge in [0, 0.05) is 57.0 Å². The molecule has 1 spiro atoms. The lowest BCUT2D eigenvalue weighted by Gasteiger charge is -2.54. The van der Waals surface area contributed by atoms with E-state index in [0.717, 1.165) is 58.4 Å². The summed E-state index contributed by atoms with van der Waals surface area (Å²) in [4.78, 5) is 71.2. The van der Waals surface area contributed by atoms with Crippen LogP contribution < -0.4 is 10.2 Å². The summed E-state index contributed by atoms with van der Waals surface area (Å²) in [7, 11) is 0. The molecule has 10 rings (SSSR count). The largest absolute Gasteiger partial charge is 0.508 e. The van der Waals surface area contributed by atoms with E-state index in [2.05, 4.69) is 40.5 Å². The van der Waals surface area contributed by atoms with E-state index in [1.54, 1.807) is 24.3 Å². The van der Waals surface area contributed by atoms with Gasteiger partial charge in [0.25, 0.3) is 11.8 Å². The van der Waals surface area contributed by atoms with Gasteiger partial charge in [-0.1, -0.05) is 42.5 Å². The molecule has 3 fully saturated rings. The van der Waals surface area contributed by atoms with Gasteiger partial charge in [0.05, 0.1) is 23.4 Å². The number of piperidine rings is 2. The molecule has 0 bridgehead atoms. The van der Waals surface area contributed by atoms with Gasteiger partial charge in [-0.3, -0.25) is 39.1 Å². The Morgan fingerprint density at radius 1 is 0.793 bits per heavy atom. The molecule has 0 aromatic heterocycles. The maximum absolute atomic E-state index is 16.1. The van der Waals surface area contributed by atoms with Gasteiger partial charge in [-0.2, -0.15) is 0 Å². The second-order valence-electron chi connectivity index (χ2n) is 17.1. The minimum Gasteiger partial charge on any atom is -0.508 e. The van der Waals surface area contributed by atoms with E-state index < -0.39 is 29.7 Å². The molecule has 11 nitrogen and oxygen atoms in total. The molecule has 5 heterocycles. The van der Waals surface area contributed by atoms with Crippen molar-refractivity contribution < 1.29 is 33.5 Å². The fourth-order valence-corrected chi connectivity index (χ4v) is 10.6. The molecule has 12 heteroatoms. The minimum absolute atomic E-state index is 0.0206. The first-order valence-corrected chi connectivity index (χ1v) is 20.3. The van der Waals surface area contributed by atoms with Gasteiger partial charge in [-0.25, -0.2) is 4.39 Å². The Bertz CT molecular complexity index is 2360. The molecule has 2 N–H and O–H groups in total. The molecular formula is C46H44FN5O6. The van der Waals surface area contributed by atoms with Crippen LogP contribution in [-0.4, -0.2) is 88.1 Å². The zero-order chi connectivity index (χ0) is 39.9. The molecule has 4 aromatic rings. The number of benzene rings is 4. The van der Waals surface area contributed by atoms with E-state index in [4.69, 9.17) is 0 Å². The van der Waals surface area contributed by atoms with Crippen molar-refractivity contribution in [2.24, 2.45) is 5.41 Å². The highest BCUT2D eigenvalue weighted by Gasteiger charge is 2.48. The molecule has 5 amide bonds. The average molecular weight is 782 g/mol. The summed E-state index contributed by atoms with van der Waals surface area (Å²) in [5, 5.41) is 12.4. The third-order valence-electron chi connectivity index (χ3n) is 13.6. The lowest BCUT2D eigenvalue weighted by molar-refractivity contribution is -0.146. The number of phenolic OH excluding ortho intramolecular Hbond substituents is 1. The van der Waals surface area contributed by atoms with E-state index in [1.807, 2.05) is 34.1 Å². The fraction of sp³-hybridized carbons (Fsp3) is 0.370. The summed E-state index contributed by atoms with van der Waals surface area (Å²) >= 11 is 0. The van der Waals surface area contributed by atoms with E-state index >= 15 is 4.39 Å². The van der Waals surface area contributed by atoms with Crippen molar-refractivity contribution in [3.8, 4) is 5.75 Å². The molecule has 1 unspecified atom stereocenters. The van der Waals surface area contributed by atoms with Crippen LogP contribution in [0.5, 0.6) is 5.75 Å². The Balaban J connectivity index is 0.751. The quantitative estimate of drug-likeness (QED) is 0.255. The number of halogens is 1. The molecular weight excluding hydrogens is 738 g/mol. The van der Waals surface area contributed by atoms with E-state index in [1.165, 1.54) is 5.56 Å². The number of nitrogens with zero attached hydrogens (tertiary/aromatic N) is 4. The molecule has 3 atom stereocenters. The Morgan fingerprint density at radius 3 is 2.17 bits per heavy atom. The van der Waals surface area contributed by atoms with E-state index in [0.29, 0.717) is 45.0 Å². The van der Waals surface area contributed by atoms with Crippen LogP contribution in [0.15, 0.2) is 78.9 Å². The second-order valence-corrected chi connectivity index (χ2v) is 17.1. The van der Waals surface area contributed by atoms with Crippen LogP contribution in [0.2, 0.25) is 0 Å². The molecule has 1 aliphatic carbocycles. The molecule has 0 radical (unpaired) electrons. The van der Waals surface area contributed by atoms with Crippen LogP contribution in [0.4, 0.5) is 10.1 Å². The number of likely N-dealkylation sites (tertiary alicyclic amines) is 1. The van der Waals surface area contributed by atoms with Crippen LogP contribution in [0.1, 0.15) is 98.0 Å². The topological polar surface area (TPSA) is 131 Å². The molecule has 5 aliphatic heterocycles. The first kappa shape index (κ1) is 36.5. The number of aromatic hydroxyl groups is 1. The smallest absolute Gasteiger partial charge is 0.262 e.